The molecule has 2 heterocycles. The van der Waals surface area contributed by atoms with Crippen LogP contribution < -0.4 is 15.2 Å². The van der Waals surface area contributed by atoms with Gasteiger partial charge in [0.05, 0.1) is 26.4 Å². The number of hydrogen-bond donors (Lipinski definition) is 2. The molecule has 2 amide bonds. The van der Waals surface area contributed by atoms with Gasteiger partial charge in [0, 0.05) is 80.9 Å². The molecule has 2 unspecified atom stereocenters. The molecule has 0 aliphatic carbocycles. The van der Waals surface area contributed by atoms with E-state index in [2.05, 4.69) is 10.6 Å². The number of ketones is 2. The van der Waals surface area contributed by atoms with Crippen LogP contribution in [0, 0.1) is 11.8 Å². The second-order valence-corrected chi connectivity index (χ2v) is 18.5. The molecular formula is C40H65N2O9PS. The number of hydrogen-bond acceptors (Lipinski definition) is 10. The van der Waals surface area contributed by atoms with Gasteiger partial charge in [-0.2, -0.15) is 11.8 Å². The van der Waals surface area contributed by atoms with Crippen molar-refractivity contribution in [3.05, 3.63) is 30.3 Å². The molecule has 300 valence electrons. The lowest BCUT2D eigenvalue weighted by Crippen LogP contribution is -2.40. The first kappa shape index (κ1) is 45.2. The number of para-hydroxylation sites is 1. The highest BCUT2D eigenvalue weighted by atomic mass is 32.2. The van der Waals surface area contributed by atoms with Crippen LogP contribution in [-0.4, -0.2) is 92.0 Å². The number of nitrogens with one attached hydrogen (secondary N) is 2. The molecule has 0 bridgehead atoms. The van der Waals surface area contributed by atoms with E-state index in [9.17, 15) is 23.7 Å². The van der Waals surface area contributed by atoms with E-state index in [0.717, 1.165) is 44.3 Å². The largest absolute Gasteiger partial charge is 0.441 e. The van der Waals surface area contributed by atoms with Crippen molar-refractivity contribution in [3.63, 3.8) is 0 Å². The van der Waals surface area contributed by atoms with Crippen molar-refractivity contribution >= 4 is 42.5 Å². The van der Waals surface area contributed by atoms with Crippen LogP contribution in [0.5, 0.6) is 5.75 Å². The standard InChI is InChI=1S/C40H65N2O9PS/c1-4-28-52(47,51-34-17-6-5-7-18-34)40(31(2)3)42-38(45)21-20-33(44)16-11-13-23-49-25-27-50-26-24-48-22-12-10-15-32(43)14-8-9-19-37-35-29-39(46)41-36(35)30-53-37/h5-7,17-18,31,35-37,40H,4,8-16,19-30H2,1-3H3,(H,41,46)(H,42,45)/t35-,36-,37?,40+,52?/m0/s1. The summed E-state index contributed by atoms with van der Waals surface area (Å²) in [5.74, 6) is 1.56. The van der Waals surface area contributed by atoms with Gasteiger partial charge in [-0.3, -0.25) is 23.7 Å². The number of carbonyl (C=O) groups is 4. The molecule has 1 aromatic carbocycles. The maximum atomic E-state index is 13.9. The van der Waals surface area contributed by atoms with Gasteiger partial charge in [0.15, 0.2) is 0 Å². The molecule has 0 aromatic heterocycles. The Morgan fingerprint density at radius 1 is 0.830 bits per heavy atom. The second-order valence-electron chi connectivity index (χ2n) is 14.6. The van der Waals surface area contributed by atoms with E-state index in [4.69, 9.17) is 18.7 Å². The van der Waals surface area contributed by atoms with E-state index in [1.54, 1.807) is 12.1 Å². The summed E-state index contributed by atoms with van der Waals surface area (Å²) in [6.45, 7) is 8.88. The minimum atomic E-state index is -3.23. The molecule has 2 aliphatic rings. The van der Waals surface area contributed by atoms with Crippen LogP contribution in [0.25, 0.3) is 0 Å². The number of carbonyl (C=O) groups excluding carboxylic acids is 4. The Balaban J connectivity index is 1.09. The van der Waals surface area contributed by atoms with Crippen LogP contribution >= 0.6 is 19.1 Å². The molecule has 0 saturated carbocycles. The van der Waals surface area contributed by atoms with Crippen molar-refractivity contribution in [3.8, 4) is 5.75 Å². The molecule has 1 aromatic rings. The molecule has 11 nitrogen and oxygen atoms in total. The fourth-order valence-electron chi connectivity index (χ4n) is 6.87. The van der Waals surface area contributed by atoms with E-state index < -0.39 is 13.2 Å². The summed E-state index contributed by atoms with van der Waals surface area (Å²) in [5, 5.41) is 6.56. The van der Waals surface area contributed by atoms with E-state index in [-0.39, 0.29) is 36.4 Å². The number of amides is 2. The first-order valence-corrected chi connectivity index (χ1v) is 22.8. The maximum Gasteiger partial charge on any atom is 0.269 e. The molecule has 2 N–H and O–H groups in total. The van der Waals surface area contributed by atoms with Crippen LogP contribution in [-0.2, 0) is 38.0 Å². The lowest BCUT2D eigenvalue weighted by molar-refractivity contribution is -0.125. The third kappa shape index (κ3) is 17.8. The van der Waals surface area contributed by atoms with Crippen LogP contribution in [0.2, 0.25) is 0 Å². The molecule has 13 heteroatoms. The lowest BCUT2D eigenvalue weighted by Gasteiger charge is -2.31. The Labute approximate surface area is 322 Å². The van der Waals surface area contributed by atoms with Crippen molar-refractivity contribution in [2.45, 2.75) is 128 Å². The van der Waals surface area contributed by atoms with Gasteiger partial charge in [-0.05, 0) is 63.0 Å². The summed E-state index contributed by atoms with van der Waals surface area (Å²) in [6.07, 6.45) is 9.77. The summed E-state index contributed by atoms with van der Waals surface area (Å²) in [5.41, 5.74) is 0. The van der Waals surface area contributed by atoms with Gasteiger partial charge in [0.2, 0.25) is 11.8 Å². The van der Waals surface area contributed by atoms with Gasteiger partial charge in [0.1, 0.15) is 23.1 Å². The molecule has 2 aliphatic heterocycles. The summed E-state index contributed by atoms with van der Waals surface area (Å²) in [4.78, 5) is 49.0. The molecule has 2 saturated heterocycles. The van der Waals surface area contributed by atoms with E-state index in [0.29, 0.717) is 113 Å². The van der Waals surface area contributed by atoms with Crippen molar-refractivity contribution in [2.75, 3.05) is 51.6 Å². The van der Waals surface area contributed by atoms with E-state index in [1.807, 2.05) is 50.7 Å². The zero-order valence-electron chi connectivity index (χ0n) is 32.4. The highest BCUT2D eigenvalue weighted by Gasteiger charge is 2.42. The number of fused-ring (bicyclic) bond motifs is 1. The van der Waals surface area contributed by atoms with E-state index >= 15 is 0 Å². The average Bonchev–Trinajstić information content (AvgIpc) is 3.69. The van der Waals surface area contributed by atoms with Crippen molar-refractivity contribution < 1.29 is 42.5 Å². The number of Topliss-reactive ketones (excluding diaryl/α,β-unsaturated/α-hetero) is 2. The predicted molar refractivity (Wildman–Crippen MR) is 211 cm³/mol. The zero-order chi connectivity index (χ0) is 38.3. The Morgan fingerprint density at radius 2 is 1.42 bits per heavy atom. The monoisotopic (exact) mass is 780 g/mol. The van der Waals surface area contributed by atoms with Gasteiger partial charge in [-0.15, -0.1) is 0 Å². The molecular weight excluding hydrogens is 715 g/mol. The molecule has 0 radical (unpaired) electrons. The Morgan fingerprint density at radius 3 is 2.02 bits per heavy atom. The average molecular weight is 781 g/mol. The van der Waals surface area contributed by atoms with Crippen LogP contribution in [0.4, 0.5) is 0 Å². The fraction of sp³-hybridized carbons (Fsp3) is 0.750. The van der Waals surface area contributed by atoms with Crippen molar-refractivity contribution in [2.24, 2.45) is 11.8 Å². The normalized spacial score (nSPS) is 19.8. The van der Waals surface area contributed by atoms with Gasteiger partial charge < -0.3 is 29.4 Å². The molecule has 2 fully saturated rings. The predicted octanol–water partition coefficient (Wildman–Crippen LogP) is 7.34. The van der Waals surface area contributed by atoms with Gasteiger partial charge in [-0.25, -0.2) is 0 Å². The number of ether oxygens (including phenoxy) is 3. The Hall–Kier alpha value is -2.24. The summed E-state index contributed by atoms with van der Waals surface area (Å²) in [7, 11) is -3.23. The molecule has 3 rings (SSSR count). The minimum absolute atomic E-state index is 0.0264. The molecule has 53 heavy (non-hydrogen) atoms. The molecule has 0 spiro atoms. The number of rotatable bonds is 31. The Kier molecular flexibility index (Phi) is 22.0. The van der Waals surface area contributed by atoms with E-state index in [1.165, 1.54) is 0 Å². The number of thioether (sulfide) groups is 1. The zero-order valence-corrected chi connectivity index (χ0v) is 34.1. The maximum absolute atomic E-state index is 13.9. The highest BCUT2D eigenvalue weighted by molar-refractivity contribution is 8.00. The van der Waals surface area contributed by atoms with Gasteiger partial charge in [0.25, 0.3) is 7.37 Å². The number of unbranched alkanes of at least 4 members (excludes halogenated alkanes) is 3. The fourth-order valence-corrected chi connectivity index (χ4v) is 11.4. The smallest absolute Gasteiger partial charge is 0.269 e. The Bertz CT molecular complexity index is 1280. The quantitative estimate of drug-likeness (QED) is 0.0580. The topological polar surface area (TPSA) is 146 Å². The minimum Gasteiger partial charge on any atom is -0.441 e. The summed E-state index contributed by atoms with van der Waals surface area (Å²) in [6, 6.07) is 9.40. The van der Waals surface area contributed by atoms with Crippen molar-refractivity contribution in [1.29, 1.82) is 0 Å². The summed E-state index contributed by atoms with van der Waals surface area (Å²) >= 11 is 1.98. The van der Waals surface area contributed by atoms with Crippen molar-refractivity contribution in [1.82, 2.24) is 10.6 Å². The SMILES string of the molecule is CCCP(=O)(Oc1ccccc1)[C@@H](NC(=O)CCC(=O)CCCCOCCOCCOCCCCC(=O)CCCCC1SC[C@@H]2NC(=O)C[C@H]12)C(C)C. The van der Waals surface area contributed by atoms with Gasteiger partial charge in [-0.1, -0.05) is 45.4 Å². The highest BCUT2D eigenvalue weighted by Crippen LogP contribution is 2.53. The van der Waals surface area contributed by atoms with Crippen LogP contribution in [0.1, 0.15) is 111 Å². The van der Waals surface area contributed by atoms with Crippen LogP contribution in [0.15, 0.2) is 30.3 Å². The third-order valence-electron chi connectivity index (χ3n) is 9.71. The first-order valence-electron chi connectivity index (χ1n) is 19.9. The lowest BCUT2D eigenvalue weighted by atomic mass is 9.94. The second kappa shape index (κ2) is 25.8. The number of benzene rings is 1. The molecule has 5 atom stereocenters. The summed E-state index contributed by atoms with van der Waals surface area (Å²) < 4.78 is 36.7. The third-order valence-corrected chi connectivity index (χ3v) is 14.4. The first-order chi connectivity index (χ1) is 25.6. The van der Waals surface area contributed by atoms with Gasteiger partial charge >= 0.3 is 0 Å². The van der Waals surface area contributed by atoms with Crippen LogP contribution in [0.3, 0.4) is 0 Å².